The van der Waals surface area contributed by atoms with Crippen LogP contribution in [0.2, 0.25) is 0 Å². The van der Waals surface area contributed by atoms with Crippen molar-refractivity contribution in [1.82, 2.24) is 28.9 Å². The van der Waals surface area contributed by atoms with Crippen molar-refractivity contribution < 1.29 is 4.79 Å². The van der Waals surface area contributed by atoms with Crippen molar-refractivity contribution in [1.29, 1.82) is 0 Å². The first kappa shape index (κ1) is 20.5. The first-order chi connectivity index (χ1) is 13.8. The molecule has 1 N–H and O–H groups in total. The maximum atomic E-state index is 12.9. The van der Waals surface area contributed by atoms with Gasteiger partial charge in [-0.1, -0.05) is 29.8 Å². The van der Waals surface area contributed by atoms with Crippen LogP contribution < -0.4 is 16.6 Å². The van der Waals surface area contributed by atoms with Crippen molar-refractivity contribution in [2.24, 2.45) is 7.05 Å². The number of likely N-dealkylation sites (N-methyl/N-ethyl adjacent to an activating group) is 1. The lowest BCUT2D eigenvalue weighted by molar-refractivity contribution is -0.121. The van der Waals surface area contributed by atoms with E-state index in [9.17, 15) is 14.4 Å². The van der Waals surface area contributed by atoms with Gasteiger partial charge in [-0.25, -0.2) is 9.78 Å². The monoisotopic (exact) mass is 398 g/mol. The van der Waals surface area contributed by atoms with E-state index in [1.165, 1.54) is 20.0 Å². The Labute approximate surface area is 168 Å². The highest BCUT2D eigenvalue weighted by molar-refractivity contribution is 5.78. The van der Waals surface area contributed by atoms with Crippen LogP contribution in [0, 0.1) is 6.92 Å². The molecular formula is C20H26N6O3. The van der Waals surface area contributed by atoms with Crippen LogP contribution >= 0.6 is 0 Å². The third-order valence-corrected chi connectivity index (χ3v) is 4.80. The standard InChI is InChI=1S/C20H26N6O3/c1-14-5-7-15(8-6-14)11-21-16(27)12-25-13-22-18-17(25)19(28)26(10-9-23(2)3)20(29)24(18)4/h5-8,13H,9-12H2,1-4H3,(H,21,27). The molecule has 154 valence electrons. The maximum absolute atomic E-state index is 12.9. The minimum Gasteiger partial charge on any atom is -0.350 e. The van der Waals surface area contributed by atoms with E-state index in [0.29, 0.717) is 13.1 Å². The number of amides is 1. The van der Waals surface area contributed by atoms with Crippen LogP contribution in [-0.2, 0) is 31.5 Å². The zero-order valence-electron chi connectivity index (χ0n) is 17.2. The SMILES string of the molecule is Cc1ccc(CNC(=O)Cn2cnc3c2c(=O)n(CCN(C)C)c(=O)n3C)cc1. The van der Waals surface area contributed by atoms with Gasteiger partial charge in [0.2, 0.25) is 5.91 Å². The van der Waals surface area contributed by atoms with Crippen LogP contribution in [0.25, 0.3) is 11.2 Å². The smallest absolute Gasteiger partial charge is 0.332 e. The van der Waals surface area contributed by atoms with Crippen molar-refractivity contribution in [3.63, 3.8) is 0 Å². The first-order valence-corrected chi connectivity index (χ1v) is 9.39. The number of nitrogens with one attached hydrogen (secondary N) is 1. The number of fused-ring (bicyclic) bond motifs is 1. The van der Waals surface area contributed by atoms with Crippen molar-refractivity contribution in [2.45, 2.75) is 26.6 Å². The molecule has 0 aliphatic rings. The summed E-state index contributed by atoms with van der Waals surface area (Å²) in [5, 5.41) is 2.85. The Morgan fingerprint density at radius 1 is 1.17 bits per heavy atom. The molecule has 0 fully saturated rings. The average molecular weight is 398 g/mol. The van der Waals surface area contributed by atoms with E-state index in [0.717, 1.165) is 11.1 Å². The van der Waals surface area contributed by atoms with Crippen LogP contribution in [-0.4, -0.2) is 50.1 Å². The second-order valence-corrected chi connectivity index (χ2v) is 7.41. The van der Waals surface area contributed by atoms with E-state index >= 15 is 0 Å². The molecule has 0 saturated heterocycles. The second-order valence-electron chi connectivity index (χ2n) is 7.41. The Bertz CT molecular complexity index is 1140. The molecule has 29 heavy (non-hydrogen) atoms. The van der Waals surface area contributed by atoms with Gasteiger partial charge in [0.25, 0.3) is 5.56 Å². The molecule has 0 saturated carbocycles. The van der Waals surface area contributed by atoms with E-state index in [4.69, 9.17) is 0 Å². The predicted molar refractivity (Wildman–Crippen MR) is 111 cm³/mol. The molecule has 1 amide bonds. The van der Waals surface area contributed by atoms with Crippen LogP contribution in [0.15, 0.2) is 40.2 Å². The number of carbonyl (C=O) groups is 1. The van der Waals surface area contributed by atoms with Gasteiger partial charge in [-0.3, -0.25) is 18.7 Å². The number of rotatable bonds is 7. The largest absolute Gasteiger partial charge is 0.350 e. The van der Waals surface area contributed by atoms with Gasteiger partial charge in [-0.05, 0) is 26.6 Å². The average Bonchev–Trinajstić information content (AvgIpc) is 3.09. The third kappa shape index (κ3) is 4.45. The number of aryl methyl sites for hydroxylation is 2. The van der Waals surface area contributed by atoms with Gasteiger partial charge < -0.3 is 14.8 Å². The number of hydrogen-bond acceptors (Lipinski definition) is 5. The Morgan fingerprint density at radius 2 is 1.86 bits per heavy atom. The Hall–Kier alpha value is -3.20. The number of carbonyl (C=O) groups excluding carboxylic acids is 1. The molecular weight excluding hydrogens is 372 g/mol. The summed E-state index contributed by atoms with van der Waals surface area (Å²) in [6.07, 6.45) is 1.42. The molecule has 0 radical (unpaired) electrons. The molecule has 1 aromatic carbocycles. The van der Waals surface area contributed by atoms with Gasteiger partial charge in [0.05, 0.1) is 6.33 Å². The highest BCUT2D eigenvalue weighted by Crippen LogP contribution is 2.06. The molecule has 3 rings (SSSR count). The fourth-order valence-corrected chi connectivity index (χ4v) is 3.06. The van der Waals surface area contributed by atoms with Crippen molar-refractivity contribution in [3.05, 3.63) is 62.6 Å². The molecule has 2 heterocycles. The van der Waals surface area contributed by atoms with Gasteiger partial charge in [-0.15, -0.1) is 0 Å². The molecule has 0 spiro atoms. The lowest BCUT2D eigenvalue weighted by atomic mass is 10.1. The molecule has 0 bridgehead atoms. The predicted octanol–water partition coefficient (Wildman–Crippen LogP) is 0.0831. The summed E-state index contributed by atoms with van der Waals surface area (Å²) in [5.41, 5.74) is 1.81. The van der Waals surface area contributed by atoms with Crippen LogP contribution in [0.4, 0.5) is 0 Å². The lowest BCUT2D eigenvalue weighted by Crippen LogP contribution is -2.42. The quantitative estimate of drug-likeness (QED) is 0.609. The maximum Gasteiger partial charge on any atom is 0.332 e. The number of nitrogens with zero attached hydrogens (tertiary/aromatic N) is 5. The van der Waals surface area contributed by atoms with Crippen LogP contribution in [0.1, 0.15) is 11.1 Å². The molecule has 0 atom stereocenters. The third-order valence-electron chi connectivity index (χ3n) is 4.80. The minimum atomic E-state index is -0.436. The first-order valence-electron chi connectivity index (χ1n) is 9.39. The fraction of sp³-hybridized carbons (Fsp3) is 0.400. The van der Waals surface area contributed by atoms with Gasteiger partial charge in [0, 0.05) is 26.7 Å². The summed E-state index contributed by atoms with van der Waals surface area (Å²) < 4.78 is 4.02. The van der Waals surface area contributed by atoms with Gasteiger partial charge in [0.1, 0.15) is 6.54 Å². The van der Waals surface area contributed by atoms with E-state index in [2.05, 4.69) is 10.3 Å². The summed E-state index contributed by atoms with van der Waals surface area (Å²) in [5.74, 6) is -0.238. The number of hydrogen-bond donors (Lipinski definition) is 1. The number of aromatic nitrogens is 4. The van der Waals surface area contributed by atoms with Crippen molar-refractivity contribution >= 4 is 17.1 Å². The highest BCUT2D eigenvalue weighted by atomic mass is 16.2. The Kier molecular flexibility index (Phi) is 5.97. The van der Waals surface area contributed by atoms with Gasteiger partial charge >= 0.3 is 5.69 Å². The summed E-state index contributed by atoms with van der Waals surface area (Å²) in [6, 6.07) is 7.89. The van der Waals surface area contributed by atoms with Gasteiger partial charge in [-0.2, -0.15) is 0 Å². The normalized spacial score (nSPS) is 11.3. The minimum absolute atomic E-state index is 0.0521. The number of benzene rings is 1. The molecule has 0 aliphatic heterocycles. The second kappa shape index (κ2) is 8.44. The zero-order chi connectivity index (χ0) is 21.1. The van der Waals surface area contributed by atoms with Crippen molar-refractivity contribution in [2.75, 3.05) is 20.6 Å². The van der Waals surface area contributed by atoms with E-state index in [1.807, 2.05) is 50.2 Å². The topological polar surface area (TPSA) is 94.2 Å². The summed E-state index contributed by atoms with van der Waals surface area (Å²) in [4.78, 5) is 43.9. The molecule has 0 unspecified atom stereocenters. The Morgan fingerprint density at radius 3 is 2.52 bits per heavy atom. The van der Waals surface area contributed by atoms with Gasteiger partial charge in [0.15, 0.2) is 11.2 Å². The fourth-order valence-electron chi connectivity index (χ4n) is 3.06. The molecule has 0 aliphatic carbocycles. The summed E-state index contributed by atoms with van der Waals surface area (Å²) in [6.45, 7) is 3.16. The molecule has 9 nitrogen and oxygen atoms in total. The highest BCUT2D eigenvalue weighted by Gasteiger charge is 2.17. The summed E-state index contributed by atoms with van der Waals surface area (Å²) in [7, 11) is 5.32. The number of imidazole rings is 1. The lowest BCUT2D eigenvalue weighted by Gasteiger charge is -2.13. The molecule has 3 aromatic rings. The van der Waals surface area contributed by atoms with E-state index in [1.54, 1.807) is 7.05 Å². The zero-order valence-corrected chi connectivity index (χ0v) is 17.2. The molecule has 9 heteroatoms. The summed E-state index contributed by atoms with van der Waals surface area (Å²) >= 11 is 0. The van der Waals surface area contributed by atoms with Crippen molar-refractivity contribution in [3.8, 4) is 0 Å². The van der Waals surface area contributed by atoms with Crippen LogP contribution in [0.3, 0.4) is 0 Å². The van der Waals surface area contributed by atoms with E-state index < -0.39 is 11.2 Å². The molecule has 2 aromatic heterocycles. The van der Waals surface area contributed by atoms with Crippen LogP contribution in [0.5, 0.6) is 0 Å². The van der Waals surface area contributed by atoms with E-state index in [-0.39, 0.29) is 30.2 Å². The Balaban J connectivity index is 1.84.